The molecule has 5 rings (SSSR count). The molecule has 1 aromatic heterocycles. The maximum atomic E-state index is 11.1. The summed E-state index contributed by atoms with van der Waals surface area (Å²) in [5, 5.41) is 19.6. The Kier molecular flexibility index (Phi) is 7.51. The molecule has 0 atom stereocenters. The van der Waals surface area contributed by atoms with Gasteiger partial charge < -0.3 is 10.4 Å². The molecule has 2 aliphatic rings. The minimum absolute atomic E-state index is 0.116. The first kappa shape index (κ1) is 24.0. The van der Waals surface area contributed by atoms with Crippen LogP contribution in [-0.4, -0.2) is 58.5 Å². The number of carbonyl (C=O) groups is 1. The molecule has 184 valence electrons. The molecular formula is C28H33ClN4O2. The zero-order chi connectivity index (χ0) is 24.2. The smallest absolute Gasteiger partial charge is 0.317 e. The molecule has 7 heteroatoms. The summed E-state index contributed by atoms with van der Waals surface area (Å²) in [4.78, 5) is 13.1. The van der Waals surface area contributed by atoms with Gasteiger partial charge in [-0.05, 0) is 87.1 Å². The summed E-state index contributed by atoms with van der Waals surface area (Å²) in [5.74, 6) is 0.217. The maximum Gasteiger partial charge on any atom is 0.317 e. The van der Waals surface area contributed by atoms with Crippen LogP contribution in [0.15, 0.2) is 48.5 Å². The molecule has 2 aromatic carbocycles. The minimum atomic E-state index is -0.758. The molecule has 2 fully saturated rings. The Morgan fingerprint density at radius 2 is 1.83 bits per heavy atom. The van der Waals surface area contributed by atoms with Crippen LogP contribution in [0, 0.1) is 5.92 Å². The molecule has 6 nitrogen and oxygen atoms in total. The summed E-state index contributed by atoms with van der Waals surface area (Å²) >= 11 is 6.10. The Balaban J connectivity index is 1.43. The number of hydrogen-bond donors (Lipinski definition) is 2. The van der Waals surface area contributed by atoms with Crippen molar-refractivity contribution in [2.75, 3.05) is 32.7 Å². The van der Waals surface area contributed by atoms with E-state index < -0.39 is 5.97 Å². The van der Waals surface area contributed by atoms with Gasteiger partial charge in [-0.15, -0.1) is 0 Å². The van der Waals surface area contributed by atoms with Crippen LogP contribution < -0.4 is 5.32 Å². The summed E-state index contributed by atoms with van der Waals surface area (Å²) < 4.78 is 2.12. The lowest BCUT2D eigenvalue weighted by Crippen LogP contribution is -2.36. The van der Waals surface area contributed by atoms with E-state index in [0.717, 1.165) is 60.8 Å². The summed E-state index contributed by atoms with van der Waals surface area (Å²) in [6.07, 6.45) is 8.87. The lowest BCUT2D eigenvalue weighted by Gasteiger charge is -2.30. The predicted octanol–water partition coefficient (Wildman–Crippen LogP) is 5.01. The Labute approximate surface area is 211 Å². The van der Waals surface area contributed by atoms with E-state index in [0.29, 0.717) is 18.4 Å². The van der Waals surface area contributed by atoms with Crippen molar-refractivity contribution in [1.29, 1.82) is 0 Å². The third-order valence-corrected chi connectivity index (χ3v) is 7.58. The number of nitrogens with one attached hydrogen (secondary N) is 1. The summed E-state index contributed by atoms with van der Waals surface area (Å²) in [6, 6.07) is 14.7. The molecule has 3 heterocycles. The molecular weight excluding hydrogens is 460 g/mol. The number of nitrogens with zero attached hydrogens (tertiary/aromatic N) is 3. The van der Waals surface area contributed by atoms with Gasteiger partial charge in [-0.25, -0.2) is 0 Å². The van der Waals surface area contributed by atoms with Gasteiger partial charge in [0.25, 0.3) is 0 Å². The van der Waals surface area contributed by atoms with E-state index in [2.05, 4.69) is 52.5 Å². The fraction of sp³-hybridized carbons (Fsp3) is 0.429. The van der Waals surface area contributed by atoms with Crippen LogP contribution in [0.5, 0.6) is 0 Å². The van der Waals surface area contributed by atoms with E-state index in [-0.39, 0.29) is 6.54 Å². The van der Waals surface area contributed by atoms with Crippen molar-refractivity contribution >= 4 is 34.5 Å². The molecule has 0 saturated carbocycles. The highest BCUT2D eigenvalue weighted by atomic mass is 35.5. The third kappa shape index (κ3) is 5.95. The number of benzene rings is 2. The first-order valence-electron chi connectivity index (χ1n) is 12.6. The number of likely N-dealkylation sites (tertiary alicyclic amines) is 1. The van der Waals surface area contributed by atoms with Gasteiger partial charge in [0.2, 0.25) is 0 Å². The van der Waals surface area contributed by atoms with Crippen molar-refractivity contribution in [3.05, 3.63) is 70.4 Å². The fourth-order valence-electron chi connectivity index (χ4n) is 5.34. The first-order valence-corrected chi connectivity index (χ1v) is 13.0. The third-order valence-electron chi connectivity index (χ3n) is 7.33. The molecule has 0 amide bonds. The Morgan fingerprint density at radius 1 is 1.09 bits per heavy atom. The van der Waals surface area contributed by atoms with Crippen molar-refractivity contribution in [2.24, 2.45) is 5.92 Å². The zero-order valence-electron chi connectivity index (χ0n) is 20.0. The van der Waals surface area contributed by atoms with E-state index >= 15 is 0 Å². The van der Waals surface area contributed by atoms with Gasteiger partial charge in [0.15, 0.2) is 0 Å². The SMILES string of the molecule is O=C(O)CN1CCC(c2nn(Cc3ccc(Cl)cc3)c3cc(/C=C/C4CCNCC4)ccc23)CC1. The molecule has 0 radical (unpaired) electrons. The average molecular weight is 493 g/mol. The van der Waals surface area contributed by atoms with Crippen molar-refractivity contribution < 1.29 is 9.90 Å². The van der Waals surface area contributed by atoms with Crippen LogP contribution >= 0.6 is 11.6 Å². The highest BCUT2D eigenvalue weighted by Gasteiger charge is 2.26. The Hall–Kier alpha value is -2.67. The number of aliphatic carboxylic acids is 1. The van der Waals surface area contributed by atoms with Crippen molar-refractivity contribution in [3.63, 3.8) is 0 Å². The summed E-state index contributed by atoms with van der Waals surface area (Å²) in [6.45, 7) is 4.57. The highest BCUT2D eigenvalue weighted by Crippen LogP contribution is 2.33. The number of aromatic nitrogens is 2. The second kappa shape index (κ2) is 10.9. The van der Waals surface area contributed by atoms with E-state index in [1.807, 2.05) is 17.0 Å². The normalized spacial score (nSPS) is 18.5. The Bertz CT molecular complexity index is 1190. The summed E-state index contributed by atoms with van der Waals surface area (Å²) in [7, 11) is 0. The molecule has 2 N–H and O–H groups in total. The maximum absolute atomic E-state index is 11.1. The van der Waals surface area contributed by atoms with Crippen LogP contribution in [0.2, 0.25) is 5.02 Å². The molecule has 0 unspecified atom stereocenters. The molecule has 0 aliphatic carbocycles. The first-order chi connectivity index (χ1) is 17.0. The molecule has 0 bridgehead atoms. The van der Waals surface area contributed by atoms with Gasteiger partial charge in [0.1, 0.15) is 0 Å². The van der Waals surface area contributed by atoms with E-state index in [1.54, 1.807) is 0 Å². The number of hydrogen-bond acceptors (Lipinski definition) is 4. The van der Waals surface area contributed by atoms with Gasteiger partial charge in [0.05, 0.1) is 24.3 Å². The van der Waals surface area contributed by atoms with Gasteiger partial charge in [-0.2, -0.15) is 5.10 Å². The average Bonchev–Trinajstić information content (AvgIpc) is 3.22. The molecule has 35 heavy (non-hydrogen) atoms. The number of fused-ring (bicyclic) bond motifs is 1. The number of halogens is 1. The highest BCUT2D eigenvalue weighted by molar-refractivity contribution is 6.30. The van der Waals surface area contributed by atoms with Crippen molar-refractivity contribution in [1.82, 2.24) is 20.0 Å². The van der Waals surface area contributed by atoms with Gasteiger partial charge in [-0.1, -0.05) is 48.0 Å². The van der Waals surface area contributed by atoms with Crippen LogP contribution in [0.4, 0.5) is 0 Å². The van der Waals surface area contributed by atoms with Crippen molar-refractivity contribution in [3.8, 4) is 0 Å². The lowest BCUT2D eigenvalue weighted by molar-refractivity contribution is -0.138. The molecule has 0 spiro atoms. The monoisotopic (exact) mass is 492 g/mol. The summed E-state index contributed by atoms with van der Waals surface area (Å²) in [5.41, 5.74) is 4.65. The number of allylic oxidation sites excluding steroid dienone is 1. The predicted molar refractivity (Wildman–Crippen MR) is 141 cm³/mol. The van der Waals surface area contributed by atoms with Gasteiger partial charge in [-0.3, -0.25) is 14.4 Å². The number of rotatable bonds is 7. The quantitative estimate of drug-likeness (QED) is 0.485. The zero-order valence-corrected chi connectivity index (χ0v) is 20.8. The second-order valence-corrected chi connectivity index (χ2v) is 10.3. The van der Waals surface area contributed by atoms with E-state index in [9.17, 15) is 4.79 Å². The Morgan fingerprint density at radius 3 is 2.54 bits per heavy atom. The van der Waals surface area contributed by atoms with Gasteiger partial charge in [0, 0.05) is 16.3 Å². The van der Waals surface area contributed by atoms with Crippen LogP contribution in [0.1, 0.15) is 48.4 Å². The van der Waals surface area contributed by atoms with E-state index in [4.69, 9.17) is 21.8 Å². The lowest BCUT2D eigenvalue weighted by atomic mass is 9.91. The standard InChI is InChI=1S/C28H33ClN4O2/c29-24-6-3-22(4-7-24)18-33-26-17-21(2-1-20-9-13-30-14-10-20)5-8-25(26)28(31-33)23-11-15-32(16-12-23)19-27(34)35/h1-8,17,20,23,30H,9-16,18-19H2,(H,34,35)/b2-1+. The van der Waals surface area contributed by atoms with Crippen LogP contribution in [-0.2, 0) is 11.3 Å². The number of piperidine rings is 2. The minimum Gasteiger partial charge on any atom is -0.480 e. The van der Waals surface area contributed by atoms with Crippen LogP contribution in [0.25, 0.3) is 17.0 Å². The number of carboxylic acid groups (broad SMARTS) is 1. The van der Waals surface area contributed by atoms with Crippen molar-refractivity contribution in [2.45, 2.75) is 38.1 Å². The molecule has 2 saturated heterocycles. The van der Waals surface area contributed by atoms with Crippen LogP contribution in [0.3, 0.4) is 0 Å². The van der Waals surface area contributed by atoms with Gasteiger partial charge >= 0.3 is 5.97 Å². The molecule has 3 aromatic rings. The largest absolute Gasteiger partial charge is 0.480 e. The van der Waals surface area contributed by atoms with E-state index in [1.165, 1.54) is 23.8 Å². The topological polar surface area (TPSA) is 70.4 Å². The fourth-order valence-corrected chi connectivity index (χ4v) is 5.47. The number of carboxylic acids is 1. The molecule has 2 aliphatic heterocycles. The second-order valence-electron chi connectivity index (χ2n) is 9.84.